The first-order valence-electron chi connectivity index (χ1n) is 10.1. The molecular weight excluding hydrogens is 514 g/mol. The highest BCUT2D eigenvalue weighted by Crippen LogP contribution is 2.39. The number of ether oxygens (including phenoxy) is 4. The van der Waals surface area contributed by atoms with Gasteiger partial charge in [0, 0.05) is 12.6 Å². The molecule has 0 saturated carbocycles. The van der Waals surface area contributed by atoms with E-state index in [-0.39, 0.29) is 5.91 Å². The number of methoxy groups -OCH3 is 1. The van der Waals surface area contributed by atoms with Gasteiger partial charge in [0.15, 0.2) is 11.5 Å². The Morgan fingerprint density at radius 2 is 1.84 bits per heavy atom. The molecule has 0 radical (unpaired) electrons. The summed E-state index contributed by atoms with van der Waals surface area (Å²) in [5.74, 6) is 2.53. The average molecular weight is 538 g/mol. The molecule has 0 bridgehead atoms. The Labute approximate surface area is 206 Å². The molecule has 0 spiro atoms. The third kappa shape index (κ3) is 5.96. The highest BCUT2D eigenvalue weighted by molar-refractivity contribution is 9.10. The van der Waals surface area contributed by atoms with Crippen LogP contribution >= 0.6 is 39.9 Å². The largest absolute Gasteiger partial charge is 0.497 e. The normalized spacial score (nSPS) is 14.8. The van der Waals surface area contributed by atoms with Gasteiger partial charge < -0.3 is 18.9 Å². The number of likely N-dealkylation sites (N-methyl/N-ethyl adjacent to an activating group) is 1. The van der Waals surface area contributed by atoms with Crippen molar-refractivity contribution in [3.05, 3.63) is 51.3 Å². The highest BCUT2D eigenvalue weighted by Gasteiger charge is 2.30. The summed E-state index contributed by atoms with van der Waals surface area (Å²) in [6.07, 6.45) is 1.82. The number of halogens is 1. The molecule has 3 rings (SSSR count). The van der Waals surface area contributed by atoms with Crippen LogP contribution < -0.4 is 18.9 Å². The zero-order valence-electron chi connectivity index (χ0n) is 18.1. The summed E-state index contributed by atoms with van der Waals surface area (Å²) in [5.41, 5.74) is 0.817. The SMILES string of the molecule is CCOc1cc(C=C2SC(=S)N(CC)C2=O)cc(Br)c1OCCOc1cccc(OC)c1. The lowest BCUT2D eigenvalue weighted by Crippen LogP contribution is -2.27. The first kappa shape index (κ1) is 24.4. The molecule has 170 valence electrons. The molecule has 0 aliphatic carbocycles. The number of hydrogen-bond donors (Lipinski definition) is 0. The number of benzene rings is 2. The maximum Gasteiger partial charge on any atom is 0.266 e. The van der Waals surface area contributed by atoms with Crippen LogP contribution in [0.1, 0.15) is 19.4 Å². The van der Waals surface area contributed by atoms with E-state index in [1.807, 2.05) is 56.3 Å². The minimum atomic E-state index is -0.0772. The van der Waals surface area contributed by atoms with Crippen molar-refractivity contribution in [2.75, 3.05) is 33.5 Å². The molecule has 1 fully saturated rings. The number of thiocarbonyl (C=S) groups is 1. The van der Waals surface area contributed by atoms with Crippen LogP contribution in [0.15, 0.2) is 45.8 Å². The summed E-state index contributed by atoms with van der Waals surface area (Å²) in [7, 11) is 1.62. The van der Waals surface area contributed by atoms with Gasteiger partial charge in [-0.15, -0.1) is 0 Å². The van der Waals surface area contributed by atoms with Crippen molar-refractivity contribution in [1.29, 1.82) is 0 Å². The fourth-order valence-electron chi connectivity index (χ4n) is 2.99. The van der Waals surface area contributed by atoms with Crippen LogP contribution in [0.3, 0.4) is 0 Å². The Morgan fingerprint density at radius 3 is 2.53 bits per heavy atom. The van der Waals surface area contributed by atoms with Gasteiger partial charge >= 0.3 is 0 Å². The van der Waals surface area contributed by atoms with Crippen molar-refractivity contribution in [3.63, 3.8) is 0 Å². The van der Waals surface area contributed by atoms with Gasteiger partial charge in [-0.25, -0.2) is 0 Å². The van der Waals surface area contributed by atoms with Crippen LogP contribution in [0.5, 0.6) is 23.0 Å². The maximum atomic E-state index is 12.5. The van der Waals surface area contributed by atoms with Crippen molar-refractivity contribution in [2.45, 2.75) is 13.8 Å². The van der Waals surface area contributed by atoms with E-state index in [1.165, 1.54) is 11.8 Å². The van der Waals surface area contributed by atoms with E-state index in [4.69, 9.17) is 31.2 Å². The van der Waals surface area contributed by atoms with Crippen LogP contribution in [0, 0.1) is 0 Å². The number of hydrogen-bond acceptors (Lipinski definition) is 7. The van der Waals surface area contributed by atoms with Crippen molar-refractivity contribution in [2.24, 2.45) is 0 Å². The van der Waals surface area contributed by atoms with Crippen molar-refractivity contribution < 1.29 is 23.7 Å². The van der Waals surface area contributed by atoms with Crippen molar-refractivity contribution in [1.82, 2.24) is 4.90 Å². The quantitative estimate of drug-likeness (QED) is 0.224. The second-order valence-electron chi connectivity index (χ2n) is 6.56. The molecule has 6 nitrogen and oxygen atoms in total. The molecule has 0 aromatic heterocycles. The van der Waals surface area contributed by atoms with Gasteiger partial charge in [-0.3, -0.25) is 9.69 Å². The highest BCUT2D eigenvalue weighted by atomic mass is 79.9. The van der Waals surface area contributed by atoms with E-state index >= 15 is 0 Å². The van der Waals surface area contributed by atoms with E-state index in [0.29, 0.717) is 52.8 Å². The molecule has 9 heteroatoms. The monoisotopic (exact) mass is 537 g/mol. The molecular formula is C23H24BrNO5S2. The molecule has 2 aromatic rings. The van der Waals surface area contributed by atoms with E-state index < -0.39 is 0 Å². The Morgan fingerprint density at radius 1 is 1.09 bits per heavy atom. The second kappa shape index (κ2) is 11.6. The molecule has 1 aliphatic heterocycles. The molecule has 0 unspecified atom stereocenters. The predicted molar refractivity (Wildman–Crippen MR) is 135 cm³/mol. The second-order valence-corrected chi connectivity index (χ2v) is 9.09. The Bertz CT molecular complexity index is 1030. The molecule has 32 heavy (non-hydrogen) atoms. The van der Waals surface area contributed by atoms with Gasteiger partial charge in [-0.2, -0.15) is 0 Å². The van der Waals surface area contributed by atoms with Crippen LogP contribution in [-0.4, -0.2) is 48.6 Å². The smallest absolute Gasteiger partial charge is 0.266 e. The number of amides is 1. The summed E-state index contributed by atoms with van der Waals surface area (Å²) in [4.78, 5) is 14.7. The van der Waals surface area contributed by atoms with Crippen LogP contribution in [0.25, 0.3) is 6.08 Å². The maximum absolute atomic E-state index is 12.5. The average Bonchev–Trinajstić information content (AvgIpc) is 3.05. The molecule has 0 atom stereocenters. The lowest BCUT2D eigenvalue weighted by Gasteiger charge is -2.15. The lowest BCUT2D eigenvalue weighted by molar-refractivity contribution is -0.121. The zero-order valence-corrected chi connectivity index (χ0v) is 21.3. The van der Waals surface area contributed by atoms with E-state index in [0.717, 1.165) is 15.8 Å². The fraction of sp³-hybridized carbons (Fsp3) is 0.304. The van der Waals surface area contributed by atoms with Crippen LogP contribution in [0.2, 0.25) is 0 Å². The summed E-state index contributed by atoms with van der Waals surface area (Å²) in [6, 6.07) is 11.1. The van der Waals surface area contributed by atoms with Gasteiger partial charge in [-0.05, 0) is 65.7 Å². The molecule has 1 aliphatic rings. The Kier molecular flexibility index (Phi) is 8.84. The number of carbonyl (C=O) groups is 1. The van der Waals surface area contributed by atoms with Gasteiger partial charge in [0.2, 0.25) is 0 Å². The Hall–Kier alpha value is -2.23. The lowest BCUT2D eigenvalue weighted by atomic mass is 10.2. The standard InChI is InChI=1S/C23H24BrNO5S2/c1-4-25-22(26)20(32-23(25)31)13-15-11-18(24)21(19(12-15)28-5-2)30-10-9-29-17-8-6-7-16(14-17)27-3/h6-8,11-14H,4-5,9-10H2,1-3H3. The number of nitrogens with zero attached hydrogens (tertiary/aromatic N) is 1. The van der Waals surface area contributed by atoms with Crippen molar-refractivity contribution >= 4 is 56.2 Å². The molecule has 2 aromatic carbocycles. The van der Waals surface area contributed by atoms with Gasteiger partial charge in [0.25, 0.3) is 5.91 Å². The topological polar surface area (TPSA) is 57.2 Å². The number of rotatable bonds is 10. The van der Waals surface area contributed by atoms with E-state index in [2.05, 4.69) is 15.9 Å². The van der Waals surface area contributed by atoms with Gasteiger partial charge in [0.1, 0.15) is 29.0 Å². The van der Waals surface area contributed by atoms with E-state index in [9.17, 15) is 4.79 Å². The fourth-order valence-corrected chi connectivity index (χ4v) is 4.95. The zero-order chi connectivity index (χ0) is 23.1. The van der Waals surface area contributed by atoms with Gasteiger partial charge in [0.05, 0.1) is 23.1 Å². The number of thioether (sulfide) groups is 1. The summed E-state index contributed by atoms with van der Waals surface area (Å²) in [5, 5.41) is 0. The first-order chi connectivity index (χ1) is 15.5. The Balaban J connectivity index is 1.71. The molecule has 1 saturated heterocycles. The third-order valence-electron chi connectivity index (χ3n) is 4.46. The summed E-state index contributed by atoms with van der Waals surface area (Å²) >= 11 is 10.2. The van der Waals surface area contributed by atoms with Gasteiger partial charge in [-0.1, -0.05) is 30.0 Å². The summed E-state index contributed by atoms with van der Waals surface area (Å²) < 4.78 is 24.0. The minimum absolute atomic E-state index is 0.0772. The first-order valence-corrected chi connectivity index (χ1v) is 12.1. The molecule has 0 N–H and O–H groups in total. The van der Waals surface area contributed by atoms with E-state index in [1.54, 1.807) is 12.0 Å². The van der Waals surface area contributed by atoms with Crippen LogP contribution in [-0.2, 0) is 4.79 Å². The molecule has 1 amide bonds. The number of carbonyl (C=O) groups excluding carboxylic acids is 1. The summed E-state index contributed by atoms with van der Waals surface area (Å²) in [6.45, 7) is 5.52. The molecule has 1 heterocycles. The van der Waals surface area contributed by atoms with Crippen molar-refractivity contribution in [3.8, 4) is 23.0 Å². The van der Waals surface area contributed by atoms with Crippen LogP contribution in [0.4, 0.5) is 0 Å². The third-order valence-corrected chi connectivity index (χ3v) is 6.43. The minimum Gasteiger partial charge on any atom is -0.497 e. The predicted octanol–water partition coefficient (Wildman–Crippen LogP) is 5.54.